The molecule has 0 fully saturated rings. The van der Waals surface area contributed by atoms with Gasteiger partial charge in [0.25, 0.3) is 5.91 Å². The van der Waals surface area contributed by atoms with Gasteiger partial charge in [-0.05, 0) is 49.2 Å². The topological polar surface area (TPSA) is 160 Å². The van der Waals surface area contributed by atoms with Crippen LogP contribution < -0.4 is 30.3 Å². The van der Waals surface area contributed by atoms with Crippen LogP contribution in [-0.2, 0) is 14.3 Å². The van der Waals surface area contributed by atoms with E-state index >= 15 is 0 Å². The quantitative estimate of drug-likeness (QED) is 0.203. The molecule has 40 heavy (non-hydrogen) atoms. The van der Waals surface area contributed by atoms with Gasteiger partial charge in [-0.2, -0.15) is 10.4 Å². The van der Waals surface area contributed by atoms with Gasteiger partial charge in [0.2, 0.25) is 0 Å². The lowest BCUT2D eigenvalue weighted by molar-refractivity contribution is -0.139. The van der Waals surface area contributed by atoms with Crippen LogP contribution in [0.15, 0.2) is 46.7 Å². The number of urea groups is 1. The van der Waals surface area contributed by atoms with Gasteiger partial charge in [0.15, 0.2) is 30.5 Å². The molecule has 1 heterocycles. The smallest absolute Gasteiger partial charge is 0.338 e. The predicted octanol–water partition coefficient (Wildman–Crippen LogP) is 3.62. The van der Waals surface area contributed by atoms with Gasteiger partial charge in [-0.15, -0.1) is 0 Å². The van der Waals surface area contributed by atoms with Crippen LogP contribution in [0.2, 0.25) is 10.0 Å². The molecular formula is C26H25Cl2N5O7. The first-order valence-corrected chi connectivity index (χ1v) is 12.5. The van der Waals surface area contributed by atoms with Crippen molar-refractivity contribution in [1.82, 2.24) is 16.1 Å². The summed E-state index contributed by atoms with van der Waals surface area (Å²) in [5.41, 5.74) is 3.96. The number of carbonyl (C=O) groups excluding carboxylic acids is 3. The van der Waals surface area contributed by atoms with Gasteiger partial charge in [-0.3, -0.25) is 4.79 Å². The number of hydrogen-bond acceptors (Lipinski definition) is 9. The van der Waals surface area contributed by atoms with E-state index in [1.165, 1.54) is 25.5 Å². The summed E-state index contributed by atoms with van der Waals surface area (Å²) in [6, 6.07) is 8.35. The van der Waals surface area contributed by atoms with Gasteiger partial charge < -0.3 is 29.6 Å². The van der Waals surface area contributed by atoms with Gasteiger partial charge in [0.1, 0.15) is 6.07 Å². The van der Waals surface area contributed by atoms with Crippen LogP contribution in [0.3, 0.4) is 0 Å². The Hall–Kier alpha value is -4.47. The average Bonchev–Trinajstić information content (AvgIpc) is 2.91. The second-order valence-corrected chi connectivity index (χ2v) is 8.86. The summed E-state index contributed by atoms with van der Waals surface area (Å²) in [7, 11) is 1.41. The van der Waals surface area contributed by atoms with E-state index in [2.05, 4.69) is 21.2 Å². The van der Waals surface area contributed by atoms with Crippen molar-refractivity contribution in [2.75, 3.05) is 26.9 Å². The molecule has 0 spiro atoms. The monoisotopic (exact) mass is 589 g/mol. The molecule has 14 heteroatoms. The number of halogens is 2. The fourth-order valence-electron chi connectivity index (χ4n) is 3.66. The number of nitrogens with one attached hydrogen (secondary N) is 3. The third kappa shape index (κ3) is 7.56. The van der Waals surface area contributed by atoms with Crippen LogP contribution >= 0.6 is 23.2 Å². The first-order valence-electron chi connectivity index (χ1n) is 11.7. The first-order chi connectivity index (χ1) is 19.2. The van der Waals surface area contributed by atoms with Crippen molar-refractivity contribution in [2.24, 2.45) is 5.10 Å². The first kappa shape index (κ1) is 30.1. The molecule has 0 aromatic heterocycles. The molecule has 1 aliphatic rings. The lowest BCUT2D eigenvalue weighted by Crippen LogP contribution is -2.45. The van der Waals surface area contributed by atoms with Gasteiger partial charge in [0, 0.05) is 5.70 Å². The fourth-order valence-corrected chi connectivity index (χ4v) is 4.27. The van der Waals surface area contributed by atoms with Gasteiger partial charge in [0.05, 0.1) is 41.6 Å². The molecule has 210 valence electrons. The van der Waals surface area contributed by atoms with E-state index < -0.39 is 30.6 Å². The highest BCUT2D eigenvalue weighted by Gasteiger charge is 2.32. The van der Waals surface area contributed by atoms with Crippen LogP contribution in [0.1, 0.15) is 31.0 Å². The Morgan fingerprint density at radius 2 is 1.90 bits per heavy atom. The van der Waals surface area contributed by atoms with Crippen molar-refractivity contribution >= 4 is 47.3 Å². The predicted molar refractivity (Wildman–Crippen MR) is 146 cm³/mol. The normalized spacial score (nSPS) is 14.6. The van der Waals surface area contributed by atoms with Crippen molar-refractivity contribution in [3.05, 3.63) is 62.8 Å². The summed E-state index contributed by atoms with van der Waals surface area (Å²) in [4.78, 5) is 36.9. The highest BCUT2D eigenvalue weighted by molar-refractivity contribution is 6.37. The van der Waals surface area contributed by atoms with Gasteiger partial charge in [-0.25, -0.2) is 15.0 Å². The van der Waals surface area contributed by atoms with Crippen molar-refractivity contribution < 1.29 is 33.3 Å². The second kappa shape index (κ2) is 14.1. The van der Waals surface area contributed by atoms with Crippen molar-refractivity contribution in [3.63, 3.8) is 0 Å². The van der Waals surface area contributed by atoms with Crippen LogP contribution in [0.25, 0.3) is 0 Å². The van der Waals surface area contributed by atoms with Gasteiger partial charge in [-0.1, -0.05) is 29.3 Å². The Kier molecular flexibility index (Phi) is 10.6. The maximum atomic E-state index is 12.5. The van der Waals surface area contributed by atoms with Crippen LogP contribution in [0.5, 0.6) is 17.2 Å². The van der Waals surface area contributed by atoms with Gasteiger partial charge >= 0.3 is 12.0 Å². The molecule has 0 saturated heterocycles. The standard InChI is InChI=1S/C26H25Cl2N5O7/c1-4-38-25(35)22-14(2)31-26(36)32-23(22)16-5-6-19(20(11-16)37-3)40-13-21(34)33-30-12-15-9-17(27)24(18(28)10-15)39-8-7-29/h5-6,9-12,23H,4,8,13H2,1-3H3,(H,33,34)(H2,31,32,36)/b30-12-/t23-/m1/s1. The van der Waals surface area contributed by atoms with E-state index in [-0.39, 0.29) is 46.1 Å². The zero-order valence-corrected chi connectivity index (χ0v) is 23.2. The number of benzene rings is 2. The summed E-state index contributed by atoms with van der Waals surface area (Å²) in [5, 5.41) is 18.1. The van der Waals surface area contributed by atoms with E-state index in [9.17, 15) is 14.4 Å². The largest absolute Gasteiger partial charge is 0.493 e. The minimum atomic E-state index is -0.789. The Bertz CT molecular complexity index is 1380. The number of rotatable bonds is 11. The molecule has 2 aromatic rings. The second-order valence-electron chi connectivity index (χ2n) is 8.04. The highest BCUT2D eigenvalue weighted by atomic mass is 35.5. The SMILES string of the molecule is CCOC(=O)C1=C(C)NC(=O)N[C@@H]1c1ccc(OCC(=O)N/N=C\c2cc(Cl)c(OCC#N)c(Cl)c2)c(OC)c1. The number of nitrogens with zero attached hydrogens (tertiary/aromatic N) is 2. The van der Waals surface area contributed by atoms with Crippen molar-refractivity contribution in [1.29, 1.82) is 5.26 Å². The number of methoxy groups -OCH3 is 1. The number of esters is 1. The zero-order valence-electron chi connectivity index (χ0n) is 21.7. The number of carbonyl (C=O) groups is 3. The molecule has 0 radical (unpaired) electrons. The maximum Gasteiger partial charge on any atom is 0.338 e. The third-order valence-electron chi connectivity index (χ3n) is 5.35. The molecule has 0 unspecified atom stereocenters. The lowest BCUT2D eigenvalue weighted by atomic mass is 9.95. The highest BCUT2D eigenvalue weighted by Crippen LogP contribution is 2.35. The molecule has 3 amide bonds. The number of ether oxygens (including phenoxy) is 4. The summed E-state index contributed by atoms with van der Waals surface area (Å²) < 4.78 is 21.3. The Morgan fingerprint density at radius 1 is 1.18 bits per heavy atom. The van der Waals surface area contributed by atoms with E-state index in [4.69, 9.17) is 47.4 Å². The van der Waals surface area contributed by atoms with Crippen molar-refractivity contribution in [2.45, 2.75) is 19.9 Å². The van der Waals surface area contributed by atoms with E-state index in [1.54, 1.807) is 32.0 Å². The minimum absolute atomic E-state index is 0.171. The average molecular weight is 590 g/mol. The summed E-state index contributed by atoms with van der Waals surface area (Å²) in [6.45, 7) is 2.86. The van der Waals surface area contributed by atoms with Crippen molar-refractivity contribution in [3.8, 4) is 23.3 Å². The van der Waals surface area contributed by atoms with E-state index in [0.717, 1.165) is 0 Å². The number of hydrogen-bond donors (Lipinski definition) is 3. The number of nitriles is 1. The lowest BCUT2D eigenvalue weighted by Gasteiger charge is -2.28. The van der Waals surface area contributed by atoms with E-state index in [1.807, 2.05) is 6.07 Å². The summed E-state index contributed by atoms with van der Waals surface area (Å²) in [6.07, 6.45) is 1.32. The van der Waals surface area contributed by atoms with Crippen LogP contribution in [0.4, 0.5) is 4.79 Å². The fraction of sp³-hybridized carbons (Fsp3) is 0.269. The molecule has 2 aromatic carbocycles. The Balaban J connectivity index is 1.66. The van der Waals surface area contributed by atoms with Crippen LogP contribution in [0, 0.1) is 11.3 Å². The minimum Gasteiger partial charge on any atom is -0.493 e. The molecule has 1 atom stereocenters. The Labute approximate surface area is 239 Å². The third-order valence-corrected chi connectivity index (χ3v) is 5.91. The molecule has 3 N–H and O–H groups in total. The molecule has 0 aliphatic carbocycles. The molecule has 0 saturated carbocycles. The number of allylic oxidation sites excluding steroid dienone is 1. The maximum absolute atomic E-state index is 12.5. The summed E-state index contributed by atoms with van der Waals surface area (Å²) >= 11 is 12.2. The molecule has 0 bridgehead atoms. The molecule has 3 rings (SSSR count). The number of amides is 3. The number of hydrazone groups is 1. The van der Waals surface area contributed by atoms with E-state index in [0.29, 0.717) is 16.8 Å². The van der Waals surface area contributed by atoms with Crippen LogP contribution in [-0.4, -0.2) is 51.1 Å². The molecular weight excluding hydrogens is 565 g/mol. The summed E-state index contributed by atoms with van der Waals surface area (Å²) in [5.74, 6) is -0.449. The Morgan fingerprint density at radius 3 is 2.55 bits per heavy atom. The zero-order chi connectivity index (χ0) is 29.2. The molecule has 1 aliphatic heterocycles. The molecule has 12 nitrogen and oxygen atoms in total.